The van der Waals surface area contributed by atoms with Gasteiger partial charge in [0.25, 0.3) is 0 Å². The summed E-state index contributed by atoms with van der Waals surface area (Å²) in [6.07, 6.45) is 22.6. The van der Waals surface area contributed by atoms with Crippen molar-refractivity contribution in [1.82, 2.24) is 0 Å². The van der Waals surface area contributed by atoms with Crippen LogP contribution in [0, 0.1) is 41.5 Å². The van der Waals surface area contributed by atoms with Crippen molar-refractivity contribution in [3.05, 3.63) is 68.8 Å². The van der Waals surface area contributed by atoms with Gasteiger partial charge in [-0.05, 0) is 0 Å². The number of hydrogen-bond acceptors (Lipinski definition) is 0. The standard InChI is InChI=1S/C23H29.C18H33P.3ClH.Ru/c1-14-9-16(3)22(17(4)10-14)20-7-8-21(13-20)23-18(5)11-15(2)12-19(23)6;1-4-10-16(11-5-1)19(17-12-6-2-7-13-17)18-14-8-3-9-15-18;;;;/h9-13,20-21H,7-8H2,1-6H3;16-18H,1-15H2;3*1H;/q;;;;;+2/p-2. The second-order valence-corrected chi connectivity index (χ2v) is 50.1. The fraction of sp³-hybridized carbons (Fsp3) is 0.707. The summed E-state index contributed by atoms with van der Waals surface area (Å²) in [7, 11) is 22.2. The molecular formula is C41H63Cl3PRu. The van der Waals surface area contributed by atoms with E-state index in [2.05, 4.69) is 65.8 Å². The molecule has 46 heavy (non-hydrogen) atoms. The molecule has 0 aromatic heterocycles. The van der Waals surface area contributed by atoms with Gasteiger partial charge in [0.05, 0.1) is 0 Å². The summed E-state index contributed by atoms with van der Waals surface area (Å²) < 4.78 is 0.166. The van der Waals surface area contributed by atoms with Crippen LogP contribution < -0.4 is 0 Å². The Hall–Kier alpha value is 0.363. The first-order chi connectivity index (χ1) is 21.9. The molecule has 2 atom stereocenters. The van der Waals surface area contributed by atoms with Gasteiger partial charge in [0.15, 0.2) is 0 Å². The van der Waals surface area contributed by atoms with Gasteiger partial charge in [-0.15, -0.1) is 0 Å². The van der Waals surface area contributed by atoms with Crippen LogP contribution in [0.15, 0.2) is 24.3 Å². The molecule has 6 rings (SSSR count). The second kappa shape index (κ2) is 14.2. The molecule has 4 fully saturated rings. The fourth-order valence-corrected chi connectivity index (χ4v) is 64.7. The van der Waals surface area contributed by atoms with E-state index in [1.165, 1.54) is 141 Å². The molecule has 0 amide bonds. The van der Waals surface area contributed by atoms with Crippen LogP contribution in [-0.4, -0.2) is 17.0 Å². The van der Waals surface area contributed by atoms with E-state index in [1.54, 1.807) is 0 Å². The van der Waals surface area contributed by atoms with Crippen molar-refractivity contribution in [3.63, 3.8) is 0 Å². The summed E-state index contributed by atoms with van der Waals surface area (Å²) in [5.74, 6) is 0.678. The van der Waals surface area contributed by atoms with Crippen molar-refractivity contribution in [1.29, 1.82) is 0 Å². The van der Waals surface area contributed by atoms with Crippen molar-refractivity contribution < 1.29 is 10.1 Å². The van der Waals surface area contributed by atoms with Crippen molar-refractivity contribution in [2.24, 2.45) is 0 Å². The van der Waals surface area contributed by atoms with Gasteiger partial charge in [-0.1, -0.05) is 0 Å². The molecule has 0 heterocycles. The predicted molar refractivity (Wildman–Crippen MR) is 206 cm³/mol. The Bertz CT molecular complexity index is 1230. The van der Waals surface area contributed by atoms with Gasteiger partial charge in [0.1, 0.15) is 0 Å². The Morgan fingerprint density at radius 3 is 1.02 bits per heavy atom. The SMILES string of the molecule is Cc1cc(C)c(C2CCC(c3c(C)cc(C)cc3C)[CH]2[Ru]([Cl])([Cl])([Cl])[PH](C2CCCCC2)(C2CCCCC2)C2CCCCC2)c(C)c1. The molecule has 5 heteroatoms. The molecule has 2 aromatic carbocycles. The molecule has 0 nitrogen and oxygen atoms in total. The van der Waals surface area contributed by atoms with Crippen LogP contribution in [-0.2, 0) is 10.1 Å². The Balaban J connectivity index is 1.65. The summed E-state index contributed by atoms with van der Waals surface area (Å²) in [5, 5.41) is 0. The summed E-state index contributed by atoms with van der Waals surface area (Å²) in [5.41, 5.74) is 11.1. The second-order valence-electron chi connectivity index (χ2n) is 16.3. The Morgan fingerprint density at radius 1 is 0.457 bits per heavy atom. The zero-order chi connectivity index (χ0) is 32.9. The van der Waals surface area contributed by atoms with Gasteiger partial charge in [-0.2, -0.15) is 0 Å². The molecule has 2 unspecified atom stereocenters. The molecule has 0 spiro atoms. The molecule has 0 N–H and O–H groups in total. The van der Waals surface area contributed by atoms with Crippen LogP contribution in [0.5, 0.6) is 0 Å². The van der Waals surface area contributed by atoms with E-state index in [0.29, 0.717) is 28.8 Å². The molecule has 0 radical (unpaired) electrons. The van der Waals surface area contributed by atoms with E-state index >= 15 is 0 Å². The van der Waals surface area contributed by atoms with Gasteiger partial charge in [0.2, 0.25) is 0 Å². The number of hydrogen-bond donors (Lipinski definition) is 0. The van der Waals surface area contributed by atoms with E-state index in [4.69, 9.17) is 29.1 Å². The summed E-state index contributed by atoms with van der Waals surface area (Å²) in [6.45, 7) is 13.9. The third-order valence-corrected chi connectivity index (χ3v) is 54.1. The topological polar surface area (TPSA) is 0 Å². The van der Waals surface area contributed by atoms with Crippen molar-refractivity contribution in [2.75, 3.05) is 0 Å². The van der Waals surface area contributed by atoms with E-state index in [0.717, 1.165) is 12.8 Å². The van der Waals surface area contributed by atoms with E-state index in [-0.39, 0.29) is 4.51 Å². The molecule has 4 aliphatic carbocycles. The minimum absolute atomic E-state index is 0.166. The number of halogens is 3. The van der Waals surface area contributed by atoms with Gasteiger partial charge < -0.3 is 0 Å². The van der Waals surface area contributed by atoms with Crippen molar-refractivity contribution in [3.8, 4) is 0 Å². The number of benzene rings is 2. The predicted octanol–water partition coefficient (Wildman–Crippen LogP) is 14.8. The Morgan fingerprint density at radius 2 is 0.739 bits per heavy atom. The summed E-state index contributed by atoms with van der Waals surface area (Å²) >= 11 is 0. The average molecular weight is 794 g/mol. The molecule has 0 aliphatic heterocycles. The first-order valence-corrected chi connectivity index (χ1v) is 31.4. The van der Waals surface area contributed by atoms with Crippen LogP contribution in [0.1, 0.15) is 165 Å². The molecule has 0 bridgehead atoms. The number of aryl methyl sites for hydroxylation is 6. The maximum absolute atomic E-state index is 8.95. The molecular weight excluding hydrogens is 731 g/mol. The van der Waals surface area contributed by atoms with Crippen LogP contribution in [0.25, 0.3) is 0 Å². The average Bonchev–Trinajstić information content (AvgIpc) is 3.43. The van der Waals surface area contributed by atoms with E-state index < -0.39 is 15.7 Å². The molecule has 261 valence electrons. The maximum atomic E-state index is 8.95. The fourth-order valence-electron chi connectivity index (χ4n) is 12.1. The van der Waals surface area contributed by atoms with Crippen LogP contribution in [0.4, 0.5) is 0 Å². The molecule has 4 aliphatic rings. The van der Waals surface area contributed by atoms with E-state index in [1.807, 2.05) is 0 Å². The van der Waals surface area contributed by atoms with Gasteiger partial charge in [-0.3, -0.25) is 0 Å². The first-order valence-electron chi connectivity index (χ1n) is 19.0. The zero-order valence-electron chi connectivity index (χ0n) is 29.8. The zero-order valence-corrected chi connectivity index (χ0v) is 34.8. The monoisotopic (exact) mass is 793 g/mol. The normalized spacial score (nSPS) is 27.4. The van der Waals surface area contributed by atoms with Crippen molar-refractivity contribution >= 4 is 34.7 Å². The number of rotatable bonds is 7. The summed E-state index contributed by atoms with van der Waals surface area (Å²) in [4.78, 5) is 0. The van der Waals surface area contributed by atoms with Crippen LogP contribution in [0.2, 0.25) is 4.51 Å². The third-order valence-electron chi connectivity index (χ3n) is 13.3. The van der Waals surface area contributed by atoms with Crippen LogP contribution >= 0.6 is 34.7 Å². The molecule has 0 saturated heterocycles. The quantitative estimate of drug-likeness (QED) is 0.193. The van der Waals surface area contributed by atoms with Gasteiger partial charge in [0, 0.05) is 0 Å². The first kappa shape index (κ1) is 36.2. The Kier molecular flexibility index (Phi) is 11.1. The Labute approximate surface area is 295 Å². The van der Waals surface area contributed by atoms with Crippen LogP contribution in [0.3, 0.4) is 0 Å². The minimum atomic E-state index is -4.70. The van der Waals surface area contributed by atoms with E-state index in [9.17, 15) is 0 Å². The van der Waals surface area contributed by atoms with Gasteiger partial charge in [-0.25, -0.2) is 0 Å². The molecule has 4 saturated carbocycles. The van der Waals surface area contributed by atoms with Gasteiger partial charge >= 0.3 is 298 Å². The molecule has 2 aromatic rings. The van der Waals surface area contributed by atoms with Crippen molar-refractivity contribution in [2.45, 2.75) is 184 Å². The summed E-state index contributed by atoms with van der Waals surface area (Å²) in [6, 6.07) is 9.67. The third kappa shape index (κ3) is 6.27.